The lowest BCUT2D eigenvalue weighted by Crippen LogP contribution is -1.97. The number of halogens is 1. The number of hydrogen-bond acceptors (Lipinski definition) is 4. The predicted molar refractivity (Wildman–Crippen MR) is 41.8 cm³/mol. The predicted octanol–water partition coefficient (Wildman–Crippen LogP) is 2.31. The van der Waals surface area contributed by atoms with Gasteiger partial charge in [0, 0.05) is 11.0 Å². The van der Waals surface area contributed by atoms with Crippen molar-refractivity contribution in [2.75, 3.05) is 7.11 Å². The van der Waals surface area contributed by atoms with Crippen LogP contribution in [0.3, 0.4) is 0 Å². The quantitative estimate of drug-likeness (QED) is 0.675. The number of methoxy groups -OCH3 is 1. The van der Waals surface area contributed by atoms with Gasteiger partial charge in [-0.2, -0.15) is 0 Å². The SMILES string of the molecule is COC(=O)c1ccc(SCl)o1. The van der Waals surface area contributed by atoms with E-state index in [1.165, 1.54) is 13.2 Å². The number of carbonyl (C=O) groups is 1. The zero-order chi connectivity index (χ0) is 8.27. The summed E-state index contributed by atoms with van der Waals surface area (Å²) < 4.78 is 9.35. The molecule has 1 rings (SSSR count). The Hall–Kier alpha value is -0.610. The third-order valence-corrected chi connectivity index (χ3v) is 1.87. The van der Waals surface area contributed by atoms with Gasteiger partial charge in [-0.1, -0.05) is 0 Å². The Bertz CT molecular complexity index is 258. The van der Waals surface area contributed by atoms with E-state index >= 15 is 0 Å². The van der Waals surface area contributed by atoms with Crippen molar-refractivity contribution in [3.05, 3.63) is 17.9 Å². The molecule has 0 fully saturated rings. The molecule has 5 heteroatoms. The number of rotatable bonds is 2. The zero-order valence-electron chi connectivity index (χ0n) is 5.67. The molecule has 0 spiro atoms. The lowest BCUT2D eigenvalue weighted by Gasteiger charge is -1.91. The molecular weight excluding hydrogens is 188 g/mol. The molecule has 0 saturated heterocycles. The van der Waals surface area contributed by atoms with Gasteiger partial charge in [-0.15, -0.1) is 0 Å². The minimum absolute atomic E-state index is 0.163. The van der Waals surface area contributed by atoms with E-state index in [2.05, 4.69) is 4.74 Å². The molecule has 0 aliphatic carbocycles. The summed E-state index contributed by atoms with van der Waals surface area (Å²) in [7, 11) is 7.56. The Morgan fingerprint density at radius 1 is 1.73 bits per heavy atom. The summed E-state index contributed by atoms with van der Waals surface area (Å²) in [5.74, 6) is -0.336. The number of ether oxygens (including phenoxy) is 1. The Kier molecular flexibility index (Phi) is 2.84. The van der Waals surface area contributed by atoms with Crippen LogP contribution in [0.15, 0.2) is 21.6 Å². The minimum Gasteiger partial charge on any atom is -0.463 e. The van der Waals surface area contributed by atoms with Crippen molar-refractivity contribution in [3.63, 3.8) is 0 Å². The summed E-state index contributed by atoms with van der Waals surface area (Å²) in [4.78, 5) is 10.8. The standard InChI is InChI=1S/C6H5ClO3S/c1-9-6(8)4-2-3-5(10-4)11-7/h2-3H,1H3. The van der Waals surface area contributed by atoms with Gasteiger partial charge in [-0.25, -0.2) is 4.79 Å². The van der Waals surface area contributed by atoms with Crippen molar-refractivity contribution in [1.82, 2.24) is 0 Å². The number of carbonyl (C=O) groups excluding carboxylic acids is 1. The summed E-state index contributed by atoms with van der Waals surface area (Å²) in [5, 5.41) is 0.479. The van der Waals surface area contributed by atoms with Crippen LogP contribution in [-0.2, 0) is 4.74 Å². The van der Waals surface area contributed by atoms with E-state index in [4.69, 9.17) is 15.1 Å². The van der Waals surface area contributed by atoms with E-state index in [0.717, 1.165) is 11.0 Å². The van der Waals surface area contributed by atoms with E-state index in [0.29, 0.717) is 5.09 Å². The summed E-state index contributed by atoms with van der Waals surface area (Å²) in [5.41, 5.74) is 0. The van der Waals surface area contributed by atoms with Crippen molar-refractivity contribution in [1.29, 1.82) is 0 Å². The van der Waals surface area contributed by atoms with Gasteiger partial charge >= 0.3 is 5.97 Å². The highest BCUT2D eigenvalue weighted by Crippen LogP contribution is 2.24. The highest BCUT2D eigenvalue weighted by molar-refractivity contribution is 8.21. The molecule has 0 saturated carbocycles. The Labute approximate surface area is 72.2 Å². The normalized spacial score (nSPS) is 9.64. The summed E-state index contributed by atoms with van der Waals surface area (Å²) in [6.07, 6.45) is 0. The molecule has 0 atom stereocenters. The van der Waals surface area contributed by atoms with Crippen molar-refractivity contribution >= 4 is 27.6 Å². The first-order valence-electron chi connectivity index (χ1n) is 2.74. The van der Waals surface area contributed by atoms with Crippen molar-refractivity contribution in [2.24, 2.45) is 0 Å². The van der Waals surface area contributed by atoms with E-state index in [1.807, 2.05) is 0 Å². The molecule has 1 aromatic rings. The molecule has 0 unspecified atom stereocenters. The van der Waals surface area contributed by atoms with E-state index in [-0.39, 0.29) is 5.76 Å². The fraction of sp³-hybridized carbons (Fsp3) is 0.167. The van der Waals surface area contributed by atoms with Gasteiger partial charge in [-0.3, -0.25) is 0 Å². The molecule has 0 bridgehead atoms. The first-order chi connectivity index (χ1) is 5.27. The zero-order valence-corrected chi connectivity index (χ0v) is 7.24. The topological polar surface area (TPSA) is 39.4 Å². The Morgan fingerprint density at radius 2 is 2.45 bits per heavy atom. The van der Waals surface area contributed by atoms with Gasteiger partial charge in [0.15, 0.2) is 5.09 Å². The lowest BCUT2D eigenvalue weighted by molar-refractivity contribution is 0.0559. The van der Waals surface area contributed by atoms with Crippen LogP contribution < -0.4 is 0 Å². The van der Waals surface area contributed by atoms with E-state index in [1.54, 1.807) is 6.07 Å². The van der Waals surface area contributed by atoms with Crippen LogP contribution in [0.25, 0.3) is 0 Å². The molecule has 1 aromatic heterocycles. The van der Waals surface area contributed by atoms with Gasteiger partial charge in [0.1, 0.15) is 0 Å². The lowest BCUT2D eigenvalue weighted by atomic mass is 10.5. The minimum atomic E-state index is -0.498. The summed E-state index contributed by atoms with van der Waals surface area (Å²) in [6.45, 7) is 0. The van der Waals surface area contributed by atoms with Crippen molar-refractivity contribution in [2.45, 2.75) is 5.09 Å². The molecule has 0 aliphatic rings. The number of furan rings is 1. The van der Waals surface area contributed by atoms with Crippen LogP contribution in [0.2, 0.25) is 0 Å². The van der Waals surface area contributed by atoms with Crippen molar-refractivity contribution < 1.29 is 13.9 Å². The van der Waals surface area contributed by atoms with Crippen LogP contribution in [-0.4, -0.2) is 13.1 Å². The molecule has 0 aromatic carbocycles. The second-order valence-electron chi connectivity index (χ2n) is 1.69. The fourth-order valence-electron chi connectivity index (χ4n) is 0.572. The molecule has 60 valence electrons. The first kappa shape index (κ1) is 8.49. The molecule has 1 heterocycles. The fourth-order valence-corrected chi connectivity index (χ4v) is 1.06. The van der Waals surface area contributed by atoms with Crippen LogP contribution >= 0.6 is 21.7 Å². The first-order valence-corrected chi connectivity index (χ1v) is 4.39. The van der Waals surface area contributed by atoms with Crippen LogP contribution in [0.4, 0.5) is 0 Å². The maximum absolute atomic E-state index is 10.8. The molecule has 3 nitrogen and oxygen atoms in total. The summed E-state index contributed by atoms with van der Waals surface area (Å²) in [6, 6.07) is 3.11. The average Bonchev–Trinajstić information content (AvgIpc) is 2.50. The second-order valence-corrected chi connectivity index (χ2v) is 2.71. The maximum atomic E-state index is 10.8. The average molecular weight is 193 g/mol. The van der Waals surface area contributed by atoms with Crippen LogP contribution in [0.1, 0.15) is 10.6 Å². The van der Waals surface area contributed by atoms with E-state index < -0.39 is 5.97 Å². The third kappa shape index (κ3) is 1.91. The van der Waals surface area contributed by atoms with Gasteiger partial charge in [-0.05, 0) is 22.8 Å². The Balaban J connectivity index is 2.80. The highest BCUT2D eigenvalue weighted by atomic mass is 35.7. The van der Waals surface area contributed by atoms with Gasteiger partial charge < -0.3 is 9.15 Å². The smallest absolute Gasteiger partial charge is 0.374 e. The largest absolute Gasteiger partial charge is 0.463 e. The molecule has 0 radical (unpaired) electrons. The van der Waals surface area contributed by atoms with Crippen LogP contribution in [0, 0.1) is 0 Å². The third-order valence-electron chi connectivity index (χ3n) is 1.04. The second kappa shape index (κ2) is 3.69. The molecule has 11 heavy (non-hydrogen) atoms. The van der Waals surface area contributed by atoms with Gasteiger partial charge in [0.2, 0.25) is 5.76 Å². The number of esters is 1. The molecule has 0 amide bonds. The van der Waals surface area contributed by atoms with E-state index in [9.17, 15) is 4.79 Å². The maximum Gasteiger partial charge on any atom is 0.374 e. The molecule has 0 N–H and O–H groups in total. The highest BCUT2D eigenvalue weighted by Gasteiger charge is 2.10. The number of hydrogen-bond donors (Lipinski definition) is 0. The van der Waals surface area contributed by atoms with Gasteiger partial charge in [0.25, 0.3) is 0 Å². The van der Waals surface area contributed by atoms with Crippen molar-refractivity contribution in [3.8, 4) is 0 Å². The Morgan fingerprint density at radius 3 is 2.91 bits per heavy atom. The monoisotopic (exact) mass is 192 g/mol. The molecular formula is C6H5ClO3S. The van der Waals surface area contributed by atoms with Crippen LogP contribution in [0.5, 0.6) is 0 Å². The summed E-state index contributed by atoms with van der Waals surface area (Å²) >= 11 is 0. The molecule has 0 aliphatic heterocycles. The van der Waals surface area contributed by atoms with Gasteiger partial charge in [0.05, 0.1) is 7.11 Å².